The molecule has 8 nitrogen and oxygen atoms in total. The number of sulfonamides is 1. The Hall–Kier alpha value is -2.39. The molecule has 9 heteroatoms. The van der Waals surface area contributed by atoms with Crippen molar-refractivity contribution in [2.75, 3.05) is 24.7 Å². The van der Waals surface area contributed by atoms with E-state index in [1.807, 2.05) is 32.0 Å². The van der Waals surface area contributed by atoms with E-state index in [9.17, 15) is 13.2 Å². The van der Waals surface area contributed by atoms with Crippen molar-refractivity contribution >= 4 is 21.9 Å². The van der Waals surface area contributed by atoms with Gasteiger partial charge in [0.25, 0.3) is 0 Å². The number of hydrogen-bond donors (Lipinski definition) is 3. The van der Waals surface area contributed by atoms with E-state index in [-0.39, 0.29) is 13.1 Å². The first-order chi connectivity index (χ1) is 11.7. The van der Waals surface area contributed by atoms with Gasteiger partial charge in [0, 0.05) is 18.7 Å². The number of aryl methyl sites for hydroxylation is 2. The number of carbonyl (C=O) groups is 1. The molecule has 0 unspecified atom stereocenters. The van der Waals surface area contributed by atoms with Gasteiger partial charge in [0.15, 0.2) is 0 Å². The summed E-state index contributed by atoms with van der Waals surface area (Å²) in [5, 5.41) is 9.67. The average molecular weight is 365 g/mol. The Balaban J connectivity index is 1.95. The fourth-order valence-electron chi connectivity index (χ4n) is 2.31. The molecule has 0 fully saturated rings. The summed E-state index contributed by atoms with van der Waals surface area (Å²) in [6, 6.07) is 7.66. The minimum absolute atomic E-state index is 0.133. The van der Waals surface area contributed by atoms with Crippen molar-refractivity contribution < 1.29 is 13.2 Å². The first kappa shape index (κ1) is 18.9. The van der Waals surface area contributed by atoms with Crippen molar-refractivity contribution in [3.8, 4) is 0 Å². The lowest BCUT2D eigenvalue weighted by Gasteiger charge is -2.12. The number of amides is 2. The second-order valence-electron chi connectivity index (χ2n) is 5.87. The monoisotopic (exact) mass is 365 g/mol. The molecule has 0 radical (unpaired) electrons. The highest BCUT2D eigenvalue weighted by Crippen LogP contribution is 2.16. The topological polar surface area (TPSA) is 105 Å². The van der Waals surface area contributed by atoms with Gasteiger partial charge in [-0.25, -0.2) is 22.6 Å². The quantitative estimate of drug-likeness (QED) is 0.642. The molecule has 136 valence electrons. The Morgan fingerprint density at radius 3 is 2.68 bits per heavy atom. The number of rotatable bonds is 7. The Morgan fingerprint density at radius 2 is 2.00 bits per heavy atom. The van der Waals surface area contributed by atoms with E-state index in [0.717, 1.165) is 22.9 Å². The number of hydrogen-bond acceptors (Lipinski definition) is 4. The van der Waals surface area contributed by atoms with Crippen LogP contribution < -0.4 is 15.4 Å². The van der Waals surface area contributed by atoms with Gasteiger partial charge in [0.1, 0.15) is 5.82 Å². The highest BCUT2D eigenvalue weighted by Gasteiger charge is 2.11. The zero-order valence-electron chi connectivity index (χ0n) is 14.5. The van der Waals surface area contributed by atoms with E-state index in [2.05, 4.69) is 26.5 Å². The maximum atomic E-state index is 12.0. The van der Waals surface area contributed by atoms with Crippen LogP contribution in [0.25, 0.3) is 0 Å². The number of nitrogens with zero attached hydrogens (tertiary/aromatic N) is 2. The molecule has 1 aromatic carbocycles. The second-order valence-corrected chi connectivity index (χ2v) is 7.70. The molecule has 0 atom stereocenters. The summed E-state index contributed by atoms with van der Waals surface area (Å²) >= 11 is 0. The van der Waals surface area contributed by atoms with Crippen LogP contribution in [-0.4, -0.2) is 43.6 Å². The summed E-state index contributed by atoms with van der Waals surface area (Å²) < 4.78 is 26.0. The standard InChI is InChI=1S/C16H23N5O3S/c1-12-5-4-6-14(9-12)11-21-15(13(2)10-18-21)20-16(22)17-7-8-19-25(3,23)24/h4-6,9-10,19H,7-8,11H2,1-3H3,(H2,17,20,22). The average Bonchev–Trinajstić information content (AvgIpc) is 2.84. The highest BCUT2D eigenvalue weighted by molar-refractivity contribution is 7.88. The molecule has 1 heterocycles. The lowest BCUT2D eigenvalue weighted by atomic mass is 10.1. The minimum Gasteiger partial charge on any atom is -0.337 e. The lowest BCUT2D eigenvalue weighted by molar-refractivity contribution is 0.252. The first-order valence-corrected chi connectivity index (χ1v) is 9.71. The van der Waals surface area contributed by atoms with E-state index in [1.54, 1.807) is 10.9 Å². The Kier molecular flexibility index (Phi) is 6.16. The van der Waals surface area contributed by atoms with Gasteiger partial charge in [-0.15, -0.1) is 0 Å². The van der Waals surface area contributed by atoms with Crippen LogP contribution in [0.2, 0.25) is 0 Å². The fourth-order valence-corrected chi connectivity index (χ4v) is 2.78. The number of benzene rings is 1. The molecular formula is C16H23N5O3S. The zero-order valence-corrected chi connectivity index (χ0v) is 15.4. The summed E-state index contributed by atoms with van der Waals surface area (Å²) in [4.78, 5) is 12.0. The molecule has 0 saturated carbocycles. The van der Waals surface area contributed by atoms with Crippen LogP contribution in [-0.2, 0) is 16.6 Å². The maximum Gasteiger partial charge on any atom is 0.320 e. The van der Waals surface area contributed by atoms with E-state index >= 15 is 0 Å². The number of carbonyl (C=O) groups excluding carboxylic acids is 1. The van der Waals surface area contributed by atoms with Crippen molar-refractivity contribution in [3.63, 3.8) is 0 Å². The number of urea groups is 1. The third kappa shape index (κ3) is 6.20. The van der Waals surface area contributed by atoms with Gasteiger partial charge in [-0.1, -0.05) is 29.8 Å². The molecule has 3 N–H and O–H groups in total. The molecule has 0 spiro atoms. The molecule has 25 heavy (non-hydrogen) atoms. The van der Waals surface area contributed by atoms with Gasteiger partial charge in [-0.2, -0.15) is 5.10 Å². The van der Waals surface area contributed by atoms with Crippen molar-refractivity contribution in [1.29, 1.82) is 0 Å². The van der Waals surface area contributed by atoms with Crippen LogP contribution in [0.3, 0.4) is 0 Å². The largest absolute Gasteiger partial charge is 0.337 e. The highest BCUT2D eigenvalue weighted by atomic mass is 32.2. The predicted molar refractivity (Wildman–Crippen MR) is 97.1 cm³/mol. The summed E-state index contributed by atoms with van der Waals surface area (Å²) in [7, 11) is -3.26. The van der Waals surface area contributed by atoms with Crippen LogP contribution in [0.1, 0.15) is 16.7 Å². The number of anilines is 1. The van der Waals surface area contributed by atoms with E-state index in [4.69, 9.17) is 0 Å². The molecule has 2 aromatic rings. The second kappa shape index (κ2) is 8.13. The van der Waals surface area contributed by atoms with Crippen LogP contribution in [0.4, 0.5) is 10.6 Å². The predicted octanol–water partition coefficient (Wildman–Crippen LogP) is 1.22. The molecule has 2 amide bonds. The summed E-state index contributed by atoms with van der Waals surface area (Å²) in [5.74, 6) is 0.607. The number of aromatic nitrogens is 2. The molecule has 0 aliphatic rings. The smallest absolute Gasteiger partial charge is 0.320 e. The van der Waals surface area contributed by atoms with Gasteiger partial charge >= 0.3 is 6.03 Å². The molecule has 1 aromatic heterocycles. The molecular weight excluding hydrogens is 342 g/mol. The van der Waals surface area contributed by atoms with Crippen LogP contribution in [0.5, 0.6) is 0 Å². The molecule has 2 rings (SSSR count). The zero-order chi connectivity index (χ0) is 18.4. The molecule has 0 aliphatic heterocycles. The van der Waals surface area contributed by atoms with E-state index in [0.29, 0.717) is 12.4 Å². The van der Waals surface area contributed by atoms with Crippen LogP contribution in [0.15, 0.2) is 30.5 Å². The van der Waals surface area contributed by atoms with Gasteiger partial charge < -0.3 is 5.32 Å². The van der Waals surface area contributed by atoms with Crippen molar-refractivity contribution in [1.82, 2.24) is 19.8 Å². The van der Waals surface area contributed by atoms with Crippen molar-refractivity contribution in [2.24, 2.45) is 0 Å². The van der Waals surface area contributed by atoms with Gasteiger partial charge in [-0.3, -0.25) is 5.32 Å². The maximum absolute atomic E-state index is 12.0. The van der Waals surface area contributed by atoms with Crippen molar-refractivity contribution in [3.05, 3.63) is 47.2 Å². The normalized spacial score (nSPS) is 11.3. The summed E-state index contributed by atoms with van der Waals surface area (Å²) in [6.45, 7) is 4.74. The Bertz CT molecular complexity index is 845. The molecule has 0 bridgehead atoms. The Labute approximate surface area is 147 Å². The number of nitrogens with one attached hydrogen (secondary N) is 3. The van der Waals surface area contributed by atoms with Crippen molar-refractivity contribution in [2.45, 2.75) is 20.4 Å². The van der Waals surface area contributed by atoms with Crippen LogP contribution in [0, 0.1) is 13.8 Å². The van der Waals surface area contributed by atoms with Crippen LogP contribution >= 0.6 is 0 Å². The minimum atomic E-state index is -3.26. The van der Waals surface area contributed by atoms with Gasteiger partial charge in [-0.05, 0) is 19.4 Å². The lowest BCUT2D eigenvalue weighted by Crippen LogP contribution is -2.37. The summed E-state index contributed by atoms with van der Waals surface area (Å²) in [6.07, 6.45) is 2.76. The summed E-state index contributed by atoms with van der Waals surface area (Å²) in [5.41, 5.74) is 3.09. The Morgan fingerprint density at radius 1 is 1.24 bits per heavy atom. The van der Waals surface area contributed by atoms with E-state index in [1.165, 1.54) is 0 Å². The van der Waals surface area contributed by atoms with E-state index < -0.39 is 16.1 Å². The molecule has 0 aliphatic carbocycles. The first-order valence-electron chi connectivity index (χ1n) is 7.82. The third-order valence-corrected chi connectivity index (χ3v) is 4.17. The fraction of sp³-hybridized carbons (Fsp3) is 0.375. The van der Waals surface area contributed by atoms with Gasteiger partial charge in [0.05, 0.1) is 19.0 Å². The van der Waals surface area contributed by atoms with Gasteiger partial charge in [0.2, 0.25) is 10.0 Å². The SMILES string of the molecule is Cc1cccc(Cn2ncc(C)c2NC(=O)NCCNS(C)(=O)=O)c1. The third-order valence-electron chi connectivity index (χ3n) is 3.44. The molecule has 0 saturated heterocycles.